The second-order valence-corrected chi connectivity index (χ2v) is 0. The van der Waals surface area contributed by atoms with E-state index in [-0.39, 0.29) is 47.5 Å². The van der Waals surface area contributed by atoms with E-state index in [2.05, 4.69) is 15.7 Å². The molecule has 27 valence electrons. The second-order valence-electron chi connectivity index (χ2n) is 0. The predicted octanol–water partition coefficient (Wildman–Crippen LogP) is -3.01. The molecule has 0 atom stereocenters. The molecule has 0 aliphatic carbocycles. The maximum absolute atomic E-state index is 7.94. The Bertz CT molecular complexity index is 11.6. The third kappa shape index (κ3) is 9.20. The molecule has 0 rings (SSSR count). The van der Waals surface area contributed by atoms with Crippen LogP contribution in [0.1, 0.15) is 1.43 Å². The van der Waals surface area contributed by atoms with Gasteiger partial charge in [-0.1, -0.05) is 0 Å². The third-order valence-electron chi connectivity index (χ3n) is 0. The Balaban J connectivity index is -0.00000000167. The van der Waals surface area contributed by atoms with Crippen molar-refractivity contribution in [1.29, 1.82) is 0 Å². The third-order valence-corrected chi connectivity index (χ3v) is 0. The normalized spacial score (nSPS) is 1.25. The standard InChI is InChI=1S/Co.Na.Ni.O.H/q;+1;;;-1. The van der Waals surface area contributed by atoms with Crippen LogP contribution in [0.3, 0.4) is 0 Å². The Morgan fingerprint density at radius 1 is 1.50 bits per heavy atom. The molecular weight excluding hydrogens is 157 g/mol. The summed E-state index contributed by atoms with van der Waals surface area (Å²) in [5.41, 5.74) is 0. The first kappa shape index (κ1) is 17.0. The van der Waals surface area contributed by atoms with Crippen LogP contribution < -0.4 is 29.6 Å². The molecule has 0 heterocycles. The van der Waals surface area contributed by atoms with Gasteiger partial charge in [-0.25, -0.2) is 0 Å². The molecule has 0 bridgehead atoms. The van der Waals surface area contributed by atoms with Crippen molar-refractivity contribution in [3.63, 3.8) is 0 Å². The van der Waals surface area contributed by atoms with Crippen LogP contribution in [0.25, 0.3) is 0 Å². The van der Waals surface area contributed by atoms with E-state index in [1.165, 1.54) is 0 Å². The molecule has 0 aromatic heterocycles. The van der Waals surface area contributed by atoms with Crippen LogP contribution in [0.2, 0.25) is 0 Å². The zero-order chi connectivity index (χ0) is 2.00. The zero-order valence-electron chi connectivity index (χ0n) is 3.06. The Labute approximate surface area is 66.4 Å². The molecule has 0 amide bonds. The van der Waals surface area contributed by atoms with Gasteiger partial charge in [0.25, 0.3) is 0 Å². The quantitative estimate of drug-likeness (QED) is 0.343. The molecule has 0 saturated heterocycles. The fourth-order valence-corrected chi connectivity index (χ4v) is 0. The summed E-state index contributed by atoms with van der Waals surface area (Å²) in [4.78, 5) is 0. The van der Waals surface area contributed by atoms with Gasteiger partial charge in [0.1, 0.15) is 0 Å². The summed E-state index contributed by atoms with van der Waals surface area (Å²) in [6.07, 6.45) is 0. The van der Waals surface area contributed by atoms with E-state index in [4.69, 9.17) is 3.87 Å². The average molecular weight is 158 g/mol. The molecule has 0 fully saturated rings. The zero-order valence-corrected chi connectivity index (χ0v) is 6.09. The van der Waals surface area contributed by atoms with Gasteiger partial charge in [-0.05, 0) is 0 Å². The van der Waals surface area contributed by atoms with E-state index in [0.717, 1.165) is 0 Å². The predicted molar refractivity (Wildman–Crippen MR) is 1.80 cm³/mol. The van der Waals surface area contributed by atoms with Crippen molar-refractivity contribution in [3.8, 4) is 0 Å². The van der Waals surface area contributed by atoms with E-state index in [9.17, 15) is 0 Å². The first-order valence-corrected chi connectivity index (χ1v) is 0.561. The molecule has 1 nitrogen and oxygen atoms in total. The van der Waals surface area contributed by atoms with Crippen LogP contribution in [-0.2, 0) is 36.0 Å². The van der Waals surface area contributed by atoms with E-state index < -0.39 is 0 Å². The van der Waals surface area contributed by atoms with Crippen molar-refractivity contribution >= 4 is 0 Å². The Morgan fingerprint density at radius 2 is 1.50 bits per heavy atom. The minimum absolute atomic E-state index is 0. The van der Waals surface area contributed by atoms with Gasteiger partial charge < -0.3 is 1.43 Å². The molecular formula is HCoNaNiO. The van der Waals surface area contributed by atoms with Gasteiger partial charge in [-0.2, -0.15) is 0 Å². The average Bonchev–Trinajstić information content (AvgIpc) is 1.00. The molecule has 0 spiro atoms. The molecule has 0 aromatic rings. The summed E-state index contributed by atoms with van der Waals surface area (Å²) in [6.45, 7) is 0. The van der Waals surface area contributed by atoms with Crippen LogP contribution >= 0.6 is 0 Å². The van der Waals surface area contributed by atoms with Crippen molar-refractivity contribution in [2.75, 3.05) is 0 Å². The van der Waals surface area contributed by atoms with Crippen molar-refractivity contribution in [2.45, 2.75) is 0 Å². The van der Waals surface area contributed by atoms with Crippen LogP contribution in [0.5, 0.6) is 0 Å². The van der Waals surface area contributed by atoms with Crippen LogP contribution in [0.4, 0.5) is 0 Å². The van der Waals surface area contributed by atoms with Gasteiger partial charge in [0.05, 0.1) is 0 Å². The van der Waals surface area contributed by atoms with Crippen LogP contribution in [-0.4, -0.2) is 0 Å². The van der Waals surface area contributed by atoms with Crippen molar-refractivity contribution in [1.82, 2.24) is 0 Å². The van der Waals surface area contributed by atoms with Gasteiger partial charge >= 0.3 is 49.1 Å². The number of hydrogen-bond acceptors (Lipinski definition) is 1. The van der Waals surface area contributed by atoms with Crippen molar-refractivity contribution < 1.29 is 67.0 Å². The van der Waals surface area contributed by atoms with E-state index >= 15 is 0 Å². The Hall–Kier alpha value is 1.80. The first-order chi connectivity index (χ1) is 1.00. The first-order valence-electron chi connectivity index (χ1n) is 0.136. The SMILES string of the molecule is [H-].[Na+].[Ni].[O]=[Co]. The summed E-state index contributed by atoms with van der Waals surface area (Å²) >= 11 is 2.31. The molecule has 0 N–H and O–H groups in total. The Morgan fingerprint density at radius 3 is 1.50 bits per heavy atom. The van der Waals surface area contributed by atoms with Gasteiger partial charge in [-0.3, -0.25) is 0 Å². The van der Waals surface area contributed by atoms with Gasteiger partial charge in [-0.15, -0.1) is 0 Å². The molecule has 0 saturated carbocycles. The second kappa shape index (κ2) is 21.4. The monoisotopic (exact) mass is 157 g/mol. The van der Waals surface area contributed by atoms with Gasteiger partial charge in [0, 0.05) is 16.5 Å². The van der Waals surface area contributed by atoms with Crippen molar-refractivity contribution in [3.05, 3.63) is 0 Å². The summed E-state index contributed by atoms with van der Waals surface area (Å²) in [5, 5.41) is 0. The van der Waals surface area contributed by atoms with Gasteiger partial charge in [0.15, 0.2) is 0 Å². The molecule has 4 heavy (non-hydrogen) atoms. The molecule has 0 unspecified atom stereocenters. The Kier molecular flexibility index (Phi) is 91.2. The van der Waals surface area contributed by atoms with E-state index in [1.807, 2.05) is 0 Å². The fraction of sp³-hybridized carbons (Fsp3) is 0. The molecule has 0 aliphatic heterocycles. The summed E-state index contributed by atoms with van der Waals surface area (Å²) in [7, 11) is 0. The maximum atomic E-state index is 7.94. The van der Waals surface area contributed by atoms with Crippen LogP contribution in [0, 0.1) is 0 Å². The van der Waals surface area contributed by atoms with Crippen molar-refractivity contribution in [2.24, 2.45) is 0 Å². The molecule has 0 aliphatic rings. The number of hydrogen-bond donors (Lipinski definition) is 0. The summed E-state index contributed by atoms with van der Waals surface area (Å²) in [6, 6.07) is 0. The van der Waals surface area contributed by atoms with Crippen LogP contribution in [0.15, 0.2) is 0 Å². The molecule has 0 aromatic carbocycles. The van der Waals surface area contributed by atoms with E-state index in [0.29, 0.717) is 0 Å². The van der Waals surface area contributed by atoms with Gasteiger partial charge in [0.2, 0.25) is 0 Å². The minimum atomic E-state index is 0. The topological polar surface area (TPSA) is 17.1 Å². The number of rotatable bonds is 0. The van der Waals surface area contributed by atoms with E-state index in [1.54, 1.807) is 0 Å². The molecule has 4 heteroatoms. The fourth-order valence-electron chi connectivity index (χ4n) is 0. The summed E-state index contributed by atoms with van der Waals surface area (Å²) in [5.74, 6) is 0. The summed E-state index contributed by atoms with van der Waals surface area (Å²) < 4.78 is 7.94. The molecule has 0 radical (unpaired) electrons.